The minimum atomic E-state index is -2.62. The molecular weight excluding hydrogens is 322 g/mol. The Morgan fingerprint density at radius 2 is 2.00 bits per heavy atom. The summed E-state index contributed by atoms with van der Waals surface area (Å²) in [5.74, 6) is -2.27. The van der Waals surface area contributed by atoms with Gasteiger partial charge in [-0.15, -0.1) is 0 Å². The van der Waals surface area contributed by atoms with E-state index in [1.165, 1.54) is 17.2 Å². The lowest BCUT2D eigenvalue weighted by molar-refractivity contribution is 0.0769. The molecule has 2 aromatic rings. The van der Waals surface area contributed by atoms with Crippen molar-refractivity contribution >= 4 is 17.7 Å². The number of benzene rings is 1. The second-order valence-corrected chi connectivity index (χ2v) is 5.60. The molecule has 0 aliphatic rings. The van der Waals surface area contributed by atoms with Gasteiger partial charge in [0, 0.05) is 13.2 Å². The van der Waals surface area contributed by atoms with Gasteiger partial charge in [0.05, 0.1) is 12.1 Å². The second kappa shape index (κ2) is 8.47. The van der Waals surface area contributed by atoms with Gasteiger partial charge in [0.2, 0.25) is 0 Å². The number of halogens is 2. The number of pyridine rings is 1. The van der Waals surface area contributed by atoms with Crippen LogP contribution in [-0.2, 0) is 0 Å². The minimum absolute atomic E-state index is 0.0309. The van der Waals surface area contributed by atoms with E-state index in [0.717, 1.165) is 0 Å². The average molecular weight is 338 g/mol. The predicted octanol–water partition coefficient (Wildman–Crippen LogP) is 3.55. The van der Waals surface area contributed by atoms with Crippen LogP contribution >= 0.6 is 11.8 Å². The van der Waals surface area contributed by atoms with Crippen molar-refractivity contribution in [1.29, 1.82) is 0 Å². The molecule has 0 unspecified atom stereocenters. The standard InChI is InChI=1S/C16H16F2N2O2S/c1-20(10-11-22-12-6-3-2-4-7-12)15(21)13-8-5-9-19-14(13)23-16(17)18/h2-9,16H,10-11H2,1H3. The topological polar surface area (TPSA) is 42.4 Å². The van der Waals surface area contributed by atoms with Gasteiger partial charge in [-0.2, -0.15) is 8.78 Å². The molecule has 0 aliphatic heterocycles. The molecule has 0 saturated heterocycles. The third-order valence-electron chi connectivity index (χ3n) is 2.99. The van der Waals surface area contributed by atoms with Crippen molar-refractivity contribution in [3.63, 3.8) is 0 Å². The van der Waals surface area contributed by atoms with Crippen molar-refractivity contribution < 1.29 is 18.3 Å². The monoisotopic (exact) mass is 338 g/mol. The Balaban J connectivity index is 1.94. The second-order valence-electron chi connectivity index (χ2n) is 4.62. The summed E-state index contributed by atoms with van der Waals surface area (Å²) in [4.78, 5) is 17.6. The van der Waals surface area contributed by atoms with Gasteiger partial charge in [-0.3, -0.25) is 4.79 Å². The number of alkyl halides is 2. The first-order valence-corrected chi connectivity index (χ1v) is 7.79. The summed E-state index contributed by atoms with van der Waals surface area (Å²) >= 11 is 0.268. The molecule has 0 atom stereocenters. The molecule has 1 amide bonds. The first kappa shape index (κ1) is 17.2. The fourth-order valence-electron chi connectivity index (χ4n) is 1.86. The normalized spacial score (nSPS) is 10.6. The van der Waals surface area contributed by atoms with Gasteiger partial charge in [-0.05, 0) is 36.0 Å². The lowest BCUT2D eigenvalue weighted by Crippen LogP contribution is -2.31. The number of hydrogen-bond donors (Lipinski definition) is 0. The fraction of sp³-hybridized carbons (Fsp3) is 0.250. The van der Waals surface area contributed by atoms with Crippen LogP contribution in [0, 0.1) is 0 Å². The zero-order chi connectivity index (χ0) is 16.7. The molecule has 7 heteroatoms. The lowest BCUT2D eigenvalue weighted by Gasteiger charge is -2.18. The highest BCUT2D eigenvalue weighted by atomic mass is 32.2. The number of carbonyl (C=O) groups is 1. The molecule has 0 fully saturated rings. The van der Waals surface area contributed by atoms with Gasteiger partial charge < -0.3 is 9.64 Å². The summed E-state index contributed by atoms with van der Waals surface area (Å²) < 4.78 is 30.6. The van der Waals surface area contributed by atoms with Crippen LogP contribution < -0.4 is 4.74 Å². The van der Waals surface area contributed by atoms with E-state index >= 15 is 0 Å². The van der Waals surface area contributed by atoms with Crippen LogP contribution in [-0.4, -0.2) is 41.7 Å². The summed E-state index contributed by atoms with van der Waals surface area (Å²) in [6, 6.07) is 12.3. The molecule has 0 saturated carbocycles. The van der Waals surface area contributed by atoms with E-state index in [0.29, 0.717) is 18.9 Å². The van der Waals surface area contributed by atoms with Crippen molar-refractivity contribution in [1.82, 2.24) is 9.88 Å². The molecule has 1 heterocycles. The number of thioether (sulfide) groups is 1. The van der Waals surface area contributed by atoms with Gasteiger partial charge in [0.15, 0.2) is 0 Å². The van der Waals surface area contributed by atoms with Crippen LogP contribution in [0.3, 0.4) is 0 Å². The molecule has 1 aromatic heterocycles. The lowest BCUT2D eigenvalue weighted by atomic mass is 10.2. The maximum absolute atomic E-state index is 12.5. The largest absolute Gasteiger partial charge is 0.492 e. The first-order chi connectivity index (χ1) is 11.1. The Bertz CT molecular complexity index is 641. The number of nitrogens with zero attached hydrogens (tertiary/aromatic N) is 2. The van der Waals surface area contributed by atoms with Crippen LogP contribution in [0.5, 0.6) is 5.75 Å². The smallest absolute Gasteiger partial charge is 0.290 e. The van der Waals surface area contributed by atoms with Crippen LogP contribution in [0.15, 0.2) is 53.7 Å². The van der Waals surface area contributed by atoms with Crippen molar-refractivity contribution in [2.24, 2.45) is 0 Å². The molecule has 122 valence electrons. The number of ether oxygens (including phenoxy) is 1. The number of hydrogen-bond acceptors (Lipinski definition) is 4. The number of aromatic nitrogens is 1. The van der Waals surface area contributed by atoms with Gasteiger partial charge >= 0.3 is 0 Å². The molecule has 0 aliphatic carbocycles. The first-order valence-electron chi connectivity index (χ1n) is 6.91. The Hall–Kier alpha value is -2.15. The maximum atomic E-state index is 12.5. The molecule has 0 N–H and O–H groups in total. The number of carbonyl (C=O) groups excluding carboxylic acids is 1. The van der Waals surface area contributed by atoms with Crippen molar-refractivity contribution in [2.45, 2.75) is 10.8 Å². The summed E-state index contributed by atoms with van der Waals surface area (Å²) in [5.41, 5.74) is 0.167. The Morgan fingerprint density at radius 3 is 2.70 bits per heavy atom. The average Bonchev–Trinajstić information content (AvgIpc) is 2.55. The molecule has 0 radical (unpaired) electrons. The molecule has 23 heavy (non-hydrogen) atoms. The Labute approximate surface area is 137 Å². The van der Waals surface area contributed by atoms with Gasteiger partial charge in [0.1, 0.15) is 17.4 Å². The number of likely N-dealkylation sites (N-methyl/N-ethyl adjacent to an activating group) is 1. The highest BCUT2D eigenvalue weighted by Gasteiger charge is 2.19. The maximum Gasteiger partial charge on any atom is 0.290 e. The van der Waals surface area contributed by atoms with E-state index in [4.69, 9.17) is 4.74 Å². The fourth-order valence-corrected chi connectivity index (χ4v) is 2.43. The van der Waals surface area contributed by atoms with Gasteiger partial charge in [-0.25, -0.2) is 4.98 Å². The summed E-state index contributed by atoms with van der Waals surface area (Å²) in [6.45, 7) is 0.644. The van der Waals surface area contributed by atoms with Crippen LogP contribution in [0.4, 0.5) is 8.78 Å². The van der Waals surface area contributed by atoms with Crippen LogP contribution in [0.2, 0.25) is 0 Å². The summed E-state index contributed by atoms with van der Waals surface area (Å²) in [5, 5.41) is 0.0309. The zero-order valence-corrected chi connectivity index (χ0v) is 13.3. The molecule has 1 aromatic carbocycles. The minimum Gasteiger partial charge on any atom is -0.492 e. The predicted molar refractivity (Wildman–Crippen MR) is 85.0 cm³/mol. The third-order valence-corrected chi connectivity index (χ3v) is 3.71. The summed E-state index contributed by atoms with van der Waals surface area (Å²) in [7, 11) is 1.60. The number of amides is 1. The molecule has 0 bridgehead atoms. The van der Waals surface area contributed by atoms with Crippen LogP contribution in [0.25, 0.3) is 0 Å². The zero-order valence-electron chi connectivity index (χ0n) is 12.5. The molecule has 2 rings (SSSR count). The summed E-state index contributed by atoms with van der Waals surface area (Å²) in [6.07, 6.45) is 1.39. The van der Waals surface area contributed by atoms with Gasteiger partial charge in [-0.1, -0.05) is 18.2 Å². The van der Waals surface area contributed by atoms with Crippen molar-refractivity contribution in [3.8, 4) is 5.75 Å². The highest BCUT2D eigenvalue weighted by Crippen LogP contribution is 2.26. The Morgan fingerprint density at radius 1 is 1.26 bits per heavy atom. The van der Waals surface area contributed by atoms with E-state index in [1.54, 1.807) is 13.1 Å². The van der Waals surface area contributed by atoms with Gasteiger partial charge in [0.25, 0.3) is 11.7 Å². The quantitative estimate of drug-likeness (QED) is 0.724. The molecule has 0 spiro atoms. The van der Waals surface area contributed by atoms with E-state index in [1.807, 2.05) is 30.3 Å². The van der Waals surface area contributed by atoms with Crippen molar-refractivity contribution in [2.75, 3.05) is 20.2 Å². The molecular formula is C16H16F2N2O2S. The SMILES string of the molecule is CN(CCOc1ccccc1)C(=O)c1cccnc1SC(F)F. The Kier molecular flexibility index (Phi) is 6.34. The molecule has 4 nitrogen and oxygen atoms in total. The number of rotatable bonds is 7. The third kappa shape index (κ3) is 5.21. The highest BCUT2D eigenvalue weighted by molar-refractivity contribution is 7.99. The van der Waals surface area contributed by atoms with Crippen molar-refractivity contribution in [3.05, 3.63) is 54.2 Å². The van der Waals surface area contributed by atoms with E-state index < -0.39 is 5.76 Å². The van der Waals surface area contributed by atoms with E-state index in [-0.39, 0.29) is 28.3 Å². The van der Waals surface area contributed by atoms with E-state index in [9.17, 15) is 13.6 Å². The van der Waals surface area contributed by atoms with E-state index in [2.05, 4.69) is 4.98 Å². The van der Waals surface area contributed by atoms with Crippen LogP contribution in [0.1, 0.15) is 10.4 Å². The number of para-hydroxylation sites is 1.